The highest BCUT2D eigenvalue weighted by molar-refractivity contribution is 5.91. The second-order valence-corrected chi connectivity index (χ2v) is 9.87. The standard InChI is InChI=1S/C25H32N6O2/c26-14-18-3-1-2-17(12-18)4-7-24(32)30-10-8-20-15-31(16-21(20)9-11-30)25(33)19-5-6-22-23(13-19)28-29-27-22/h1-4,7,12,19-23,27-29H,5-6,8-11,13,15-16H2/b7-4+/t19?,20-,21+,22?,23?. The Balaban J connectivity index is 1.13. The summed E-state index contributed by atoms with van der Waals surface area (Å²) in [5, 5.41) is 9.03. The van der Waals surface area contributed by atoms with Crippen LogP contribution in [0.15, 0.2) is 30.3 Å². The lowest BCUT2D eigenvalue weighted by molar-refractivity contribution is -0.136. The van der Waals surface area contributed by atoms with Gasteiger partial charge in [0.25, 0.3) is 0 Å². The molecule has 5 rings (SSSR count). The fraction of sp³-hybridized carbons (Fsp3) is 0.560. The smallest absolute Gasteiger partial charge is 0.246 e. The Bertz CT molecular complexity index is 956. The van der Waals surface area contributed by atoms with Crippen molar-refractivity contribution in [1.29, 1.82) is 5.26 Å². The molecular weight excluding hydrogens is 416 g/mol. The number of hydrazine groups is 2. The Labute approximate surface area is 194 Å². The van der Waals surface area contributed by atoms with E-state index in [2.05, 4.69) is 27.4 Å². The lowest BCUT2D eigenvalue weighted by atomic mass is 9.82. The first-order chi connectivity index (χ1) is 16.1. The lowest BCUT2D eigenvalue weighted by Gasteiger charge is -2.32. The van der Waals surface area contributed by atoms with Crippen LogP contribution in [0.5, 0.6) is 0 Å². The normalized spacial score (nSPS) is 31.7. The molecular formula is C25H32N6O2. The summed E-state index contributed by atoms with van der Waals surface area (Å²) in [6.45, 7) is 3.13. The third-order valence-electron chi connectivity index (χ3n) is 7.89. The Morgan fingerprint density at radius 1 is 1.00 bits per heavy atom. The number of rotatable bonds is 3. The quantitative estimate of drug-likeness (QED) is 0.605. The second-order valence-electron chi connectivity index (χ2n) is 9.87. The van der Waals surface area contributed by atoms with Gasteiger partial charge in [-0.15, -0.1) is 0 Å². The van der Waals surface area contributed by atoms with Crippen molar-refractivity contribution in [3.8, 4) is 6.07 Å². The van der Waals surface area contributed by atoms with E-state index in [9.17, 15) is 9.59 Å². The predicted octanol–water partition coefficient (Wildman–Crippen LogP) is 1.42. The minimum Gasteiger partial charge on any atom is -0.342 e. The fourth-order valence-electron chi connectivity index (χ4n) is 5.95. The molecule has 1 aromatic rings. The van der Waals surface area contributed by atoms with E-state index in [4.69, 9.17) is 5.26 Å². The van der Waals surface area contributed by atoms with Gasteiger partial charge in [-0.1, -0.05) is 12.1 Å². The number of likely N-dealkylation sites (tertiary alicyclic amines) is 2. The largest absolute Gasteiger partial charge is 0.342 e. The molecule has 1 aromatic carbocycles. The summed E-state index contributed by atoms with van der Waals surface area (Å²) in [5.41, 5.74) is 10.9. The number of nitrogens with one attached hydrogen (secondary N) is 3. The van der Waals surface area contributed by atoms with Crippen LogP contribution >= 0.6 is 0 Å². The maximum absolute atomic E-state index is 13.2. The molecule has 0 spiro atoms. The van der Waals surface area contributed by atoms with E-state index in [-0.39, 0.29) is 11.8 Å². The average Bonchev–Trinajstić information content (AvgIpc) is 3.44. The molecule has 0 bridgehead atoms. The molecule has 1 aliphatic carbocycles. The molecule has 1 saturated carbocycles. The Morgan fingerprint density at radius 2 is 1.76 bits per heavy atom. The molecule has 3 N–H and O–H groups in total. The minimum atomic E-state index is 0.0216. The van der Waals surface area contributed by atoms with E-state index in [1.54, 1.807) is 24.3 Å². The molecule has 4 fully saturated rings. The zero-order valence-corrected chi connectivity index (χ0v) is 18.9. The molecule has 3 saturated heterocycles. The van der Waals surface area contributed by atoms with Gasteiger partial charge in [-0.05, 0) is 67.7 Å². The lowest BCUT2D eigenvalue weighted by Crippen LogP contribution is -2.45. The molecule has 3 heterocycles. The zero-order valence-electron chi connectivity index (χ0n) is 18.9. The summed E-state index contributed by atoms with van der Waals surface area (Å²) in [5.74, 6) is 1.42. The van der Waals surface area contributed by atoms with E-state index in [1.165, 1.54) is 0 Å². The van der Waals surface area contributed by atoms with Gasteiger partial charge in [0.2, 0.25) is 11.8 Å². The first kappa shape index (κ1) is 22.1. The molecule has 3 aliphatic heterocycles. The molecule has 0 aromatic heterocycles. The van der Waals surface area contributed by atoms with E-state index >= 15 is 0 Å². The van der Waals surface area contributed by atoms with Gasteiger partial charge in [0, 0.05) is 50.3 Å². The molecule has 174 valence electrons. The number of benzene rings is 1. The maximum atomic E-state index is 13.2. The first-order valence-corrected chi connectivity index (χ1v) is 12.1. The van der Waals surface area contributed by atoms with Gasteiger partial charge in [-0.3, -0.25) is 9.59 Å². The predicted molar refractivity (Wildman–Crippen MR) is 124 cm³/mol. The number of fused-ring (bicyclic) bond motifs is 2. The number of nitrogens with zero attached hydrogens (tertiary/aromatic N) is 3. The van der Waals surface area contributed by atoms with Crippen molar-refractivity contribution >= 4 is 17.9 Å². The van der Waals surface area contributed by atoms with E-state index in [0.29, 0.717) is 35.4 Å². The summed E-state index contributed by atoms with van der Waals surface area (Å²) in [7, 11) is 0. The Hall–Kier alpha value is -2.73. The first-order valence-electron chi connectivity index (χ1n) is 12.1. The number of amides is 2. The average molecular weight is 449 g/mol. The SMILES string of the molecule is N#Cc1cccc(/C=C/C(=O)N2CC[C@@H]3CN(C(=O)C4CCC5NNNC5C4)C[C@@H]3CC2)c1. The van der Waals surface area contributed by atoms with Gasteiger partial charge in [-0.25, -0.2) is 10.9 Å². The van der Waals surface area contributed by atoms with Crippen molar-refractivity contribution in [2.45, 2.75) is 44.2 Å². The zero-order chi connectivity index (χ0) is 22.8. The number of carbonyl (C=O) groups excluding carboxylic acids is 2. The van der Waals surface area contributed by atoms with Gasteiger partial charge in [-0.2, -0.15) is 10.8 Å². The highest BCUT2D eigenvalue weighted by Gasteiger charge is 2.42. The summed E-state index contributed by atoms with van der Waals surface area (Å²) in [6, 6.07) is 10.1. The van der Waals surface area contributed by atoms with Crippen molar-refractivity contribution in [3.05, 3.63) is 41.5 Å². The number of nitriles is 1. The van der Waals surface area contributed by atoms with E-state index < -0.39 is 0 Å². The van der Waals surface area contributed by atoms with Crippen LogP contribution in [-0.4, -0.2) is 59.9 Å². The molecule has 3 unspecified atom stereocenters. The summed E-state index contributed by atoms with van der Waals surface area (Å²) in [4.78, 5) is 30.0. The Morgan fingerprint density at radius 3 is 2.52 bits per heavy atom. The summed E-state index contributed by atoms with van der Waals surface area (Å²) in [6.07, 6.45) is 8.16. The molecule has 8 heteroatoms. The van der Waals surface area contributed by atoms with Crippen molar-refractivity contribution in [3.63, 3.8) is 0 Å². The van der Waals surface area contributed by atoms with Gasteiger partial charge < -0.3 is 9.80 Å². The highest BCUT2D eigenvalue weighted by atomic mass is 16.2. The van der Waals surface area contributed by atoms with Crippen LogP contribution in [0, 0.1) is 29.1 Å². The van der Waals surface area contributed by atoms with Gasteiger partial charge in [0.05, 0.1) is 11.6 Å². The topological polar surface area (TPSA) is 100 Å². The van der Waals surface area contributed by atoms with Crippen molar-refractivity contribution < 1.29 is 9.59 Å². The minimum absolute atomic E-state index is 0.0216. The third-order valence-corrected chi connectivity index (χ3v) is 7.89. The monoisotopic (exact) mass is 448 g/mol. The molecule has 33 heavy (non-hydrogen) atoms. The number of carbonyl (C=O) groups is 2. The number of hydrogen-bond acceptors (Lipinski definition) is 6. The molecule has 4 aliphatic rings. The van der Waals surface area contributed by atoms with Crippen LogP contribution in [0.25, 0.3) is 6.08 Å². The third kappa shape index (κ3) is 4.81. The maximum Gasteiger partial charge on any atom is 0.246 e. The molecule has 2 amide bonds. The van der Waals surface area contributed by atoms with Crippen LogP contribution in [0.1, 0.15) is 43.2 Å². The highest BCUT2D eigenvalue weighted by Crippen LogP contribution is 2.35. The summed E-state index contributed by atoms with van der Waals surface area (Å²) >= 11 is 0. The van der Waals surface area contributed by atoms with Crippen molar-refractivity contribution in [2.24, 2.45) is 17.8 Å². The van der Waals surface area contributed by atoms with E-state index in [1.807, 2.05) is 17.0 Å². The van der Waals surface area contributed by atoms with Crippen LogP contribution < -0.4 is 16.4 Å². The van der Waals surface area contributed by atoms with Crippen LogP contribution in [0.4, 0.5) is 0 Å². The van der Waals surface area contributed by atoms with Crippen molar-refractivity contribution in [2.75, 3.05) is 26.2 Å². The number of hydrogen-bond donors (Lipinski definition) is 3. The van der Waals surface area contributed by atoms with E-state index in [0.717, 1.165) is 63.8 Å². The second kappa shape index (κ2) is 9.64. The Kier molecular flexibility index (Phi) is 6.45. The summed E-state index contributed by atoms with van der Waals surface area (Å²) < 4.78 is 0. The van der Waals surface area contributed by atoms with Crippen LogP contribution in [0.2, 0.25) is 0 Å². The van der Waals surface area contributed by atoms with Gasteiger partial charge in [0.1, 0.15) is 0 Å². The van der Waals surface area contributed by atoms with Crippen LogP contribution in [0.3, 0.4) is 0 Å². The van der Waals surface area contributed by atoms with Gasteiger partial charge in [0.15, 0.2) is 0 Å². The van der Waals surface area contributed by atoms with Crippen LogP contribution in [-0.2, 0) is 9.59 Å². The fourth-order valence-corrected chi connectivity index (χ4v) is 5.95. The molecule has 8 nitrogen and oxygen atoms in total. The van der Waals surface area contributed by atoms with Gasteiger partial charge >= 0.3 is 0 Å². The molecule has 5 atom stereocenters. The molecule has 0 radical (unpaired) electrons. The van der Waals surface area contributed by atoms with Crippen molar-refractivity contribution in [1.82, 2.24) is 26.2 Å².